The number of nitrogens with one attached hydrogen (secondary N) is 3. The molecule has 3 N–H and O–H groups in total. The zero-order valence-corrected chi connectivity index (χ0v) is 20.0. The lowest BCUT2D eigenvalue weighted by molar-refractivity contribution is -0.125. The number of aliphatic imine (C=N–C) groups is 1. The number of hydrogen-bond donors (Lipinski definition) is 3. The molecule has 0 spiro atoms. The van der Waals surface area contributed by atoms with E-state index in [1.807, 2.05) is 23.1 Å². The number of guanidine groups is 1. The summed E-state index contributed by atoms with van der Waals surface area (Å²) in [4.78, 5) is 45.2. The molecule has 0 saturated carbocycles. The van der Waals surface area contributed by atoms with Crippen LogP contribution in [0.2, 0.25) is 0 Å². The number of nitrogens with zero attached hydrogens (tertiary/aromatic N) is 3. The second-order valence-electron chi connectivity index (χ2n) is 8.92. The number of ether oxygens (including phenoxy) is 2. The van der Waals surface area contributed by atoms with Gasteiger partial charge < -0.3 is 25.0 Å². The molecule has 2 aromatic carbocycles. The molecule has 1 atom stereocenters. The smallest absolute Gasteiger partial charge is 0.249 e. The van der Waals surface area contributed by atoms with Gasteiger partial charge in [0.1, 0.15) is 6.04 Å². The third-order valence-electron chi connectivity index (χ3n) is 6.20. The zero-order chi connectivity index (χ0) is 25.1. The average Bonchev–Trinajstić information content (AvgIpc) is 3.33. The topological polar surface area (TPSA) is 125 Å². The van der Waals surface area contributed by atoms with Gasteiger partial charge in [0.05, 0.1) is 6.42 Å². The first-order valence-corrected chi connectivity index (χ1v) is 11.8. The maximum Gasteiger partial charge on any atom is 0.249 e. The van der Waals surface area contributed by atoms with Gasteiger partial charge in [-0.15, -0.1) is 0 Å². The van der Waals surface area contributed by atoms with Gasteiger partial charge in [-0.1, -0.05) is 6.07 Å². The molecule has 0 radical (unpaired) electrons. The van der Waals surface area contributed by atoms with Crippen molar-refractivity contribution in [2.24, 2.45) is 4.99 Å². The van der Waals surface area contributed by atoms with Gasteiger partial charge in [0.2, 0.25) is 30.5 Å². The maximum absolute atomic E-state index is 12.8. The van der Waals surface area contributed by atoms with Crippen LogP contribution in [0.5, 0.6) is 11.5 Å². The Morgan fingerprint density at radius 1 is 1.00 bits per heavy atom. The van der Waals surface area contributed by atoms with Crippen molar-refractivity contribution in [3.05, 3.63) is 48.0 Å². The van der Waals surface area contributed by atoms with Crippen molar-refractivity contribution in [1.29, 1.82) is 0 Å². The Balaban J connectivity index is 1.16. The highest BCUT2D eigenvalue weighted by atomic mass is 16.7. The van der Waals surface area contributed by atoms with E-state index in [1.165, 1.54) is 6.92 Å². The normalized spacial score (nSPS) is 19.4. The van der Waals surface area contributed by atoms with Gasteiger partial charge in [0, 0.05) is 51.0 Å². The molecule has 188 valence electrons. The predicted octanol–water partition coefficient (Wildman–Crippen LogP) is 1.37. The summed E-state index contributed by atoms with van der Waals surface area (Å²) < 4.78 is 10.8. The Labute approximate surface area is 208 Å². The Morgan fingerprint density at radius 3 is 2.42 bits per heavy atom. The summed E-state index contributed by atoms with van der Waals surface area (Å²) in [7, 11) is 0. The molecule has 1 saturated heterocycles. The van der Waals surface area contributed by atoms with Crippen LogP contribution in [-0.2, 0) is 20.9 Å². The molecule has 3 aliphatic heterocycles. The maximum atomic E-state index is 12.8. The van der Waals surface area contributed by atoms with Crippen LogP contribution in [0.25, 0.3) is 0 Å². The fraction of sp³-hybridized carbons (Fsp3) is 0.360. The fourth-order valence-corrected chi connectivity index (χ4v) is 4.37. The summed E-state index contributed by atoms with van der Waals surface area (Å²) in [5, 5.41) is 8.30. The SMILES string of the molecule is CC(=O)Nc1ccc(NC(=O)[C@H]2CC(=O)NC(N3CCN(Cc4ccc5c(c4)OCO5)CC3)=N2)cc1. The molecule has 0 bridgehead atoms. The monoisotopic (exact) mass is 492 g/mol. The van der Waals surface area contributed by atoms with Crippen LogP contribution >= 0.6 is 0 Å². The van der Waals surface area contributed by atoms with E-state index in [1.54, 1.807) is 24.3 Å². The van der Waals surface area contributed by atoms with Gasteiger partial charge >= 0.3 is 0 Å². The van der Waals surface area contributed by atoms with Gasteiger partial charge in [-0.05, 0) is 42.0 Å². The lowest BCUT2D eigenvalue weighted by Gasteiger charge is -2.37. The molecule has 0 unspecified atom stereocenters. The van der Waals surface area contributed by atoms with E-state index in [2.05, 4.69) is 25.8 Å². The van der Waals surface area contributed by atoms with Gasteiger partial charge in [0.25, 0.3) is 0 Å². The van der Waals surface area contributed by atoms with Crippen molar-refractivity contribution in [2.45, 2.75) is 25.9 Å². The number of rotatable bonds is 5. The number of hydrogen-bond acceptors (Lipinski definition) is 8. The van der Waals surface area contributed by atoms with Crippen molar-refractivity contribution < 1.29 is 23.9 Å². The molecule has 36 heavy (non-hydrogen) atoms. The average molecular weight is 493 g/mol. The summed E-state index contributed by atoms with van der Waals surface area (Å²) in [6.07, 6.45) is -0.0105. The van der Waals surface area contributed by atoms with E-state index in [-0.39, 0.29) is 30.9 Å². The van der Waals surface area contributed by atoms with Crippen LogP contribution in [0.15, 0.2) is 47.5 Å². The molecular formula is C25H28N6O5. The molecule has 2 aromatic rings. The van der Waals surface area contributed by atoms with Crippen molar-refractivity contribution in [3.8, 4) is 11.5 Å². The summed E-state index contributed by atoms with van der Waals surface area (Å²) in [6.45, 7) is 5.43. The van der Waals surface area contributed by atoms with Crippen molar-refractivity contribution >= 4 is 35.1 Å². The van der Waals surface area contributed by atoms with Gasteiger partial charge in [0.15, 0.2) is 11.5 Å². The molecule has 1 fully saturated rings. The van der Waals surface area contributed by atoms with E-state index in [9.17, 15) is 14.4 Å². The number of carbonyl (C=O) groups is 3. The van der Waals surface area contributed by atoms with Crippen LogP contribution in [0.1, 0.15) is 18.9 Å². The van der Waals surface area contributed by atoms with E-state index in [0.29, 0.717) is 30.4 Å². The quantitative estimate of drug-likeness (QED) is 0.576. The summed E-state index contributed by atoms with van der Waals surface area (Å²) in [5.41, 5.74) is 2.35. The summed E-state index contributed by atoms with van der Waals surface area (Å²) in [6, 6.07) is 12.0. The van der Waals surface area contributed by atoms with Crippen LogP contribution < -0.4 is 25.4 Å². The number of carbonyl (C=O) groups excluding carboxylic acids is 3. The predicted molar refractivity (Wildman–Crippen MR) is 133 cm³/mol. The molecule has 3 heterocycles. The molecule has 0 aliphatic carbocycles. The third kappa shape index (κ3) is 5.57. The Kier molecular flexibility index (Phi) is 6.72. The van der Waals surface area contributed by atoms with Crippen molar-refractivity contribution in [3.63, 3.8) is 0 Å². The first-order valence-electron chi connectivity index (χ1n) is 11.8. The van der Waals surface area contributed by atoms with Gasteiger partial charge in [-0.25, -0.2) is 4.99 Å². The van der Waals surface area contributed by atoms with Crippen molar-refractivity contribution in [2.75, 3.05) is 43.6 Å². The number of anilines is 2. The highest BCUT2D eigenvalue weighted by Gasteiger charge is 2.30. The minimum Gasteiger partial charge on any atom is -0.454 e. The van der Waals surface area contributed by atoms with E-state index in [4.69, 9.17) is 9.47 Å². The van der Waals surface area contributed by atoms with Crippen molar-refractivity contribution in [1.82, 2.24) is 15.1 Å². The molecule has 3 amide bonds. The van der Waals surface area contributed by atoms with Crippen LogP contribution in [0, 0.1) is 0 Å². The first kappa shape index (κ1) is 23.6. The largest absolute Gasteiger partial charge is 0.454 e. The van der Waals surface area contributed by atoms with Crippen LogP contribution in [0.3, 0.4) is 0 Å². The molecule has 11 heteroatoms. The number of piperazine rings is 1. The van der Waals surface area contributed by atoms with Crippen LogP contribution in [0.4, 0.5) is 11.4 Å². The lowest BCUT2D eigenvalue weighted by atomic mass is 10.1. The Hall–Kier alpha value is -4.12. The second kappa shape index (κ2) is 10.2. The van der Waals surface area contributed by atoms with E-state index >= 15 is 0 Å². The Morgan fingerprint density at radius 2 is 1.69 bits per heavy atom. The number of fused-ring (bicyclic) bond motifs is 1. The second-order valence-corrected chi connectivity index (χ2v) is 8.92. The van der Waals surface area contributed by atoms with Gasteiger partial charge in [-0.2, -0.15) is 0 Å². The Bertz CT molecular complexity index is 1190. The summed E-state index contributed by atoms with van der Waals surface area (Å²) >= 11 is 0. The molecule has 3 aliphatic rings. The highest BCUT2D eigenvalue weighted by molar-refractivity contribution is 6.06. The first-order chi connectivity index (χ1) is 17.4. The van der Waals surface area contributed by atoms with E-state index < -0.39 is 6.04 Å². The minimum atomic E-state index is -0.810. The van der Waals surface area contributed by atoms with Gasteiger partial charge in [-0.3, -0.25) is 24.6 Å². The number of benzene rings is 2. The third-order valence-corrected chi connectivity index (χ3v) is 6.20. The summed E-state index contributed by atoms with van der Waals surface area (Å²) in [5.74, 6) is 1.24. The van der Waals surface area contributed by atoms with Crippen LogP contribution in [-0.4, -0.2) is 72.5 Å². The molecular weight excluding hydrogens is 464 g/mol. The highest BCUT2D eigenvalue weighted by Crippen LogP contribution is 2.32. The fourth-order valence-electron chi connectivity index (χ4n) is 4.37. The molecule has 11 nitrogen and oxygen atoms in total. The zero-order valence-electron chi connectivity index (χ0n) is 20.0. The molecule has 0 aromatic heterocycles. The lowest BCUT2D eigenvalue weighted by Crippen LogP contribution is -2.56. The standard InChI is InChI=1S/C25H28N6O5/c1-16(32)26-18-3-5-19(6-4-18)27-24(34)20-13-23(33)29-25(28-20)31-10-8-30(9-11-31)14-17-2-7-21-22(12-17)36-15-35-21/h2-7,12,20H,8-11,13-15H2,1H3,(H,26,32)(H,27,34)(H,28,29,33)/t20-/m1/s1. The van der Waals surface area contributed by atoms with E-state index in [0.717, 1.165) is 36.7 Å². The minimum absolute atomic E-state index is 0.0105. The molecule has 5 rings (SSSR count). The number of amides is 3.